The third-order valence-corrected chi connectivity index (χ3v) is 3.50. The molecule has 0 aliphatic heterocycles. The normalized spacial score (nSPS) is 11.5. The molecule has 1 heterocycles. The molecular formula is C19H22N4O2. The van der Waals surface area contributed by atoms with Gasteiger partial charge in [-0.05, 0) is 50.6 Å². The fourth-order valence-corrected chi connectivity index (χ4v) is 2.41. The van der Waals surface area contributed by atoms with Gasteiger partial charge in [0.1, 0.15) is 5.60 Å². The van der Waals surface area contributed by atoms with Crippen molar-refractivity contribution in [2.24, 2.45) is 0 Å². The molecule has 0 saturated heterocycles. The average Bonchev–Trinajstić information content (AvgIpc) is 2.97. The largest absolute Gasteiger partial charge is 0.442 e. The number of fused-ring (bicyclic) bond motifs is 1. The monoisotopic (exact) mass is 338 g/mol. The maximum atomic E-state index is 12.2. The molecule has 1 aromatic heterocycles. The molecule has 0 saturated carbocycles. The van der Waals surface area contributed by atoms with Gasteiger partial charge in [-0.15, -0.1) is 0 Å². The van der Waals surface area contributed by atoms with E-state index in [0.29, 0.717) is 6.54 Å². The molecule has 3 aromatic rings. The van der Waals surface area contributed by atoms with E-state index in [1.807, 2.05) is 69.3 Å². The van der Waals surface area contributed by atoms with Gasteiger partial charge >= 0.3 is 6.09 Å². The zero-order valence-corrected chi connectivity index (χ0v) is 14.6. The van der Waals surface area contributed by atoms with E-state index < -0.39 is 11.7 Å². The van der Waals surface area contributed by atoms with Crippen molar-refractivity contribution < 1.29 is 9.53 Å². The average molecular weight is 338 g/mol. The molecule has 0 spiro atoms. The Morgan fingerprint density at radius 1 is 1.16 bits per heavy atom. The van der Waals surface area contributed by atoms with E-state index in [2.05, 4.69) is 16.0 Å². The minimum atomic E-state index is -0.553. The zero-order valence-electron chi connectivity index (χ0n) is 14.6. The Bertz CT molecular complexity index is 866. The number of nitrogens with zero attached hydrogens (tertiary/aromatic N) is 2. The van der Waals surface area contributed by atoms with Crippen molar-refractivity contribution in [3.8, 4) is 0 Å². The van der Waals surface area contributed by atoms with Gasteiger partial charge in [0, 0.05) is 17.6 Å². The summed E-state index contributed by atoms with van der Waals surface area (Å²) < 4.78 is 6.67. The van der Waals surface area contributed by atoms with Crippen molar-refractivity contribution in [2.75, 3.05) is 5.43 Å². The maximum Gasteiger partial charge on any atom is 0.435 e. The first-order chi connectivity index (χ1) is 11.9. The highest BCUT2D eigenvalue weighted by molar-refractivity contribution is 5.88. The third-order valence-electron chi connectivity index (χ3n) is 3.50. The lowest BCUT2D eigenvalue weighted by Crippen LogP contribution is -2.27. The molecule has 6 nitrogen and oxygen atoms in total. The first kappa shape index (κ1) is 17.0. The molecule has 25 heavy (non-hydrogen) atoms. The summed E-state index contributed by atoms with van der Waals surface area (Å²) in [6.07, 6.45) is 1.20. The van der Waals surface area contributed by atoms with Gasteiger partial charge in [-0.25, -0.2) is 10.2 Å². The Labute approximate surface area is 146 Å². The molecule has 0 fully saturated rings. The lowest BCUT2D eigenvalue weighted by molar-refractivity contribution is 0.0523. The molecule has 2 aromatic carbocycles. The van der Waals surface area contributed by atoms with E-state index >= 15 is 0 Å². The standard InChI is InChI=1S/C19H22N4O2/c1-19(2,3)25-18(24)23-17-10-9-14(11-15(17)13-21-23)12-20-22-16-7-5-4-6-8-16/h4-11,13,20,22H,12H2,1-3H3. The van der Waals surface area contributed by atoms with Crippen LogP contribution in [0.3, 0.4) is 0 Å². The number of aromatic nitrogens is 2. The van der Waals surface area contributed by atoms with Gasteiger partial charge in [-0.3, -0.25) is 0 Å². The number of anilines is 1. The van der Waals surface area contributed by atoms with E-state index in [1.165, 1.54) is 4.68 Å². The van der Waals surface area contributed by atoms with E-state index in [4.69, 9.17) is 4.74 Å². The Hall–Kier alpha value is -2.86. The number of carbonyl (C=O) groups excluding carboxylic acids is 1. The van der Waals surface area contributed by atoms with Gasteiger partial charge < -0.3 is 10.2 Å². The van der Waals surface area contributed by atoms with Crippen LogP contribution in [0.5, 0.6) is 0 Å². The molecule has 0 amide bonds. The number of para-hydroxylation sites is 1. The first-order valence-electron chi connectivity index (χ1n) is 8.16. The molecule has 0 unspecified atom stereocenters. The smallest absolute Gasteiger partial charge is 0.435 e. The number of carbonyl (C=O) groups is 1. The molecule has 6 heteroatoms. The summed E-state index contributed by atoms with van der Waals surface area (Å²) in [7, 11) is 0. The van der Waals surface area contributed by atoms with Gasteiger partial charge in [0.2, 0.25) is 0 Å². The highest BCUT2D eigenvalue weighted by Gasteiger charge is 2.19. The van der Waals surface area contributed by atoms with Crippen molar-refractivity contribution in [3.63, 3.8) is 0 Å². The molecule has 0 aliphatic rings. The minimum absolute atomic E-state index is 0.473. The van der Waals surface area contributed by atoms with Crippen LogP contribution in [0, 0.1) is 0 Å². The molecule has 0 radical (unpaired) electrons. The number of benzene rings is 2. The van der Waals surface area contributed by atoms with Gasteiger partial charge in [0.15, 0.2) is 0 Å². The van der Waals surface area contributed by atoms with Crippen LogP contribution in [-0.2, 0) is 11.3 Å². The molecule has 3 rings (SSSR count). The second kappa shape index (κ2) is 6.94. The number of rotatable bonds is 4. The Morgan fingerprint density at radius 2 is 1.92 bits per heavy atom. The van der Waals surface area contributed by atoms with Crippen LogP contribution < -0.4 is 10.9 Å². The predicted octanol–water partition coefficient (Wildman–Crippen LogP) is 3.94. The van der Waals surface area contributed by atoms with Gasteiger partial charge in [0.05, 0.1) is 11.7 Å². The second-order valence-corrected chi connectivity index (χ2v) is 6.77. The Kier molecular flexibility index (Phi) is 4.72. The van der Waals surface area contributed by atoms with E-state index in [-0.39, 0.29) is 0 Å². The summed E-state index contributed by atoms with van der Waals surface area (Å²) in [5.41, 5.74) is 8.58. The second-order valence-electron chi connectivity index (χ2n) is 6.77. The summed E-state index contributed by atoms with van der Waals surface area (Å²) in [5, 5.41) is 5.05. The van der Waals surface area contributed by atoms with E-state index in [0.717, 1.165) is 22.2 Å². The Morgan fingerprint density at radius 3 is 2.64 bits per heavy atom. The van der Waals surface area contributed by atoms with Crippen molar-refractivity contribution >= 4 is 22.7 Å². The minimum Gasteiger partial charge on any atom is -0.442 e. The fourth-order valence-electron chi connectivity index (χ4n) is 2.41. The molecule has 2 N–H and O–H groups in total. The fraction of sp³-hybridized carbons (Fsp3) is 0.263. The van der Waals surface area contributed by atoms with Crippen LogP contribution in [-0.4, -0.2) is 21.5 Å². The van der Waals surface area contributed by atoms with Crippen LogP contribution >= 0.6 is 0 Å². The Balaban J connectivity index is 1.68. The summed E-state index contributed by atoms with van der Waals surface area (Å²) in [5.74, 6) is 0. The van der Waals surface area contributed by atoms with Crippen molar-refractivity contribution in [1.29, 1.82) is 0 Å². The molecule has 0 atom stereocenters. The molecule has 0 aliphatic carbocycles. The quantitative estimate of drug-likeness (QED) is 0.705. The number of hydrogen-bond acceptors (Lipinski definition) is 5. The number of nitrogens with one attached hydrogen (secondary N) is 2. The van der Waals surface area contributed by atoms with Crippen molar-refractivity contribution in [1.82, 2.24) is 15.2 Å². The number of ether oxygens (including phenoxy) is 1. The topological polar surface area (TPSA) is 68.2 Å². The van der Waals surface area contributed by atoms with Crippen LogP contribution in [0.4, 0.5) is 10.5 Å². The predicted molar refractivity (Wildman–Crippen MR) is 98.3 cm³/mol. The highest BCUT2D eigenvalue weighted by atomic mass is 16.6. The van der Waals surface area contributed by atoms with Crippen molar-refractivity contribution in [3.05, 3.63) is 60.3 Å². The van der Waals surface area contributed by atoms with Crippen LogP contribution in [0.2, 0.25) is 0 Å². The SMILES string of the molecule is CC(C)(C)OC(=O)n1ncc2cc(CNNc3ccccc3)ccc21. The molecule has 0 bridgehead atoms. The van der Waals surface area contributed by atoms with Crippen LogP contribution in [0.1, 0.15) is 26.3 Å². The number of hydrazine groups is 1. The van der Waals surface area contributed by atoms with E-state index in [1.54, 1.807) is 6.20 Å². The van der Waals surface area contributed by atoms with Crippen LogP contribution in [0.25, 0.3) is 10.9 Å². The van der Waals surface area contributed by atoms with Gasteiger partial charge in [-0.1, -0.05) is 24.3 Å². The highest BCUT2D eigenvalue weighted by Crippen LogP contribution is 2.18. The first-order valence-corrected chi connectivity index (χ1v) is 8.16. The molecule has 130 valence electrons. The van der Waals surface area contributed by atoms with Gasteiger partial charge in [-0.2, -0.15) is 9.78 Å². The number of hydrogen-bond donors (Lipinski definition) is 2. The lowest BCUT2D eigenvalue weighted by Gasteiger charge is -2.19. The van der Waals surface area contributed by atoms with Gasteiger partial charge in [0.25, 0.3) is 0 Å². The summed E-state index contributed by atoms with van der Waals surface area (Å²) in [4.78, 5) is 12.2. The third kappa shape index (κ3) is 4.36. The van der Waals surface area contributed by atoms with E-state index in [9.17, 15) is 4.79 Å². The maximum absolute atomic E-state index is 12.2. The zero-order chi connectivity index (χ0) is 17.9. The summed E-state index contributed by atoms with van der Waals surface area (Å²) in [6.45, 7) is 6.14. The van der Waals surface area contributed by atoms with Crippen molar-refractivity contribution in [2.45, 2.75) is 32.9 Å². The molecular weight excluding hydrogens is 316 g/mol. The lowest BCUT2D eigenvalue weighted by atomic mass is 10.1. The summed E-state index contributed by atoms with van der Waals surface area (Å²) in [6, 6.07) is 15.7. The summed E-state index contributed by atoms with van der Waals surface area (Å²) >= 11 is 0. The van der Waals surface area contributed by atoms with Crippen LogP contribution in [0.15, 0.2) is 54.7 Å².